The van der Waals surface area contributed by atoms with Gasteiger partial charge in [-0.05, 0) is 0 Å². The zero-order valence-corrected chi connectivity index (χ0v) is 4.59. The van der Waals surface area contributed by atoms with Gasteiger partial charge in [-0.2, -0.15) is 0 Å². The lowest BCUT2D eigenvalue weighted by Crippen LogP contribution is -2.22. The maximum absolute atomic E-state index is 11.3. The van der Waals surface area contributed by atoms with Crippen molar-refractivity contribution in [3.63, 3.8) is 0 Å². The number of rotatable bonds is 0. The summed E-state index contributed by atoms with van der Waals surface area (Å²) in [6.07, 6.45) is -2.48. The van der Waals surface area contributed by atoms with Crippen molar-refractivity contribution in [1.29, 1.82) is 0 Å². The van der Waals surface area contributed by atoms with Crippen LogP contribution in [0.1, 0.15) is 0 Å². The topological polar surface area (TPSA) is 35.7 Å². The average molecular weight is 151 g/mol. The van der Waals surface area contributed by atoms with Gasteiger partial charge in [0.2, 0.25) is 0 Å². The number of nitrogens with zero attached hydrogens (tertiary/aromatic N) is 2. The molecule has 0 atom stereocenters. The predicted octanol–water partition coefficient (Wildman–Crippen LogP) is 0.968. The first kappa shape index (κ1) is 6.91. The number of amidine groups is 1. The van der Waals surface area contributed by atoms with Gasteiger partial charge >= 0.3 is 12.4 Å². The van der Waals surface area contributed by atoms with Gasteiger partial charge in [0, 0.05) is 0 Å². The Labute approximate surface area is 54.2 Å². The van der Waals surface area contributed by atoms with Gasteiger partial charge in [0.05, 0.1) is 12.4 Å². The zero-order chi connectivity index (χ0) is 7.61. The third kappa shape index (κ3) is 1.96. The van der Waals surface area contributed by atoms with Gasteiger partial charge in [-0.1, -0.05) is 0 Å². The van der Waals surface area contributed by atoms with Crippen molar-refractivity contribution < 1.29 is 17.9 Å². The summed E-state index contributed by atoms with van der Waals surface area (Å²) in [5.74, 6) is 0. The quantitative estimate of drug-likeness (QED) is 0.508. The van der Waals surface area contributed by atoms with Crippen LogP contribution in [0.15, 0.2) is 17.4 Å². The molecule has 3 nitrogen and oxygen atoms in total. The van der Waals surface area contributed by atoms with Crippen LogP contribution in [-0.4, -0.2) is 12.4 Å². The van der Waals surface area contributed by atoms with E-state index in [1.54, 1.807) is 0 Å². The number of ether oxygens (including phenoxy) is 1. The summed E-state index contributed by atoms with van der Waals surface area (Å²) in [5, 5.41) is 3.15. The largest absolute Gasteiger partial charge is 0.575 e. The average Bonchev–Trinajstić information content (AvgIpc) is 2.12. The molecule has 0 aromatic heterocycles. The predicted molar refractivity (Wildman–Crippen MR) is 25.8 cm³/mol. The van der Waals surface area contributed by atoms with Crippen LogP contribution >= 0.6 is 0 Å². The van der Waals surface area contributed by atoms with Crippen LogP contribution in [-0.2, 0) is 4.74 Å². The van der Waals surface area contributed by atoms with Crippen LogP contribution < -0.4 is 5.32 Å². The van der Waals surface area contributed by atoms with E-state index in [1.807, 2.05) is 0 Å². The van der Waals surface area contributed by atoms with Crippen LogP contribution in [0, 0.1) is 0 Å². The molecule has 1 heterocycles. The molecule has 0 aliphatic carbocycles. The van der Waals surface area contributed by atoms with Crippen LogP contribution in [0.4, 0.5) is 13.2 Å². The standard InChI is InChI=1S/C4H2F3N2O/c5-4(6,7)10-3-8-1-2-9-3/h1-2H. The minimum absolute atomic E-state index is 0.674. The zero-order valence-electron chi connectivity index (χ0n) is 4.59. The number of aliphatic imine (C=N–C) groups is 1. The molecule has 0 aromatic carbocycles. The summed E-state index contributed by atoms with van der Waals surface area (Å²) in [6, 6.07) is -0.674. The second kappa shape index (κ2) is 2.20. The van der Waals surface area contributed by atoms with Gasteiger partial charge in [0.15, 0.2) is 0 Å². The molecule has 0 N–H and O–H groups in total. The highest BCUT2D eigenvalue weighted by Crippen LogP contribution is 2.17. The minimum atomic E-state index is -4.70. The summed E-state index contributed by atoms with van der Waals surface area (Å²) in [7, 11) is 0. The van der Waals surface area contributed by atoms with Gasteiger partial charge in [-0.25, -0.2) is 10.3 Å². The Hall–Kier alpha value is -1.20. The Bertz CT molecular complexity index is 183. The molecule has 0 saturated heterocycles. The van der Waals surface area contributed by atoms with Gasteiger partial charge in [0.1, 0.15) is 0 Å². The number of hydrogen-bond donors (Lipinski definition) is 0. The highest BCUT2D eigenvalue weighted by atomic mass is 19.4. The summed E-state index contributed by atoms with van der Waals surface area (Å²) in [5.41, 5.74) is 0. The Morgan fingerprint density at radius 3 is 2.40 bits per heavy atom. The summed E-state index contributed by atoms with van der Waals surface area (Å²) in [6.45, 7) is 0. The molecule has 0 spiro atoms. The van der Waals surface area contributed by atoms with Crippen molar-refractivity contribution in [3.05, 3.63) is 12.4 Å². The maximum Gasteiger partial charge on any atom is 0.575 e. The SMILES string of the molecule is FC(F)(F)OC1=NC=C[N]1. The molecule has 1 aliphatic rings. The van der Waals surface area contributed by atoms with Crippen molar-refractivity contribution in [2.45, 2.75) is 6.36 Å². The summed E-state index contributed by atoms with van der Waals surface area (Å²) < 4.78 is 37.3. The van der Waals surface area contributed by atoms with Crippen molar-refractivity contribution in [3.8, 4) is 0 Å². The Kier molecular flexibility index (Phi) is 1.52. The van der Waals surface area contributed by atoms with Crippen LogP contribution in [0.2, 0.25) is 0 Å². The lowest BCUT2D eigenvalue weighted by atomic mass is 11.0. The van der Waals surface area contributed by atoms with Crippen LogP contribution in [0.3, 0.4) is 0 Å². The highest BCUT2D eigenvalue weighted by Gasteiger charge is 2.33. The number of hydrogen-bond acceptors (Lipinski definition) is 2. The Morgan fingerprint density at radius 1 is 1.30 bits per heavy atom. The molecule has 0 fully saturated rings. The molecule has 1 rings (SSSR count). The van der Waals surface area contributed by atoms with E-state index in [9.17, 15) is 13.2 Å². The summed E-state index contributed by atoms with van der Waals surface area (Å²) in [4.78, 5) is 3.15. The molecule has 6 heteroatoms. The van der Waals surface area contributed by atoms with Crippen LogP contribution in [0.25, 0.3) is 0 Å². The number of alkyl halides is 3. The van der Waals surface area contributed by atoms with E-state index in [1.165, 1.54) is 0 Å². The van der Waals surface area contributed by atoms with E-state index >= 15 is 0 Å². The van der Waals surface area contributed by atoms with Gasteiger partial charge in [0.25, 0.3) is 0 Å². The number of halogens is 3. The second-order valence-electron chi connectivity index (χ2n) is 1.39. The monoisotopic (exact) mass is 151 g/mol. The van der Waals surface area contributed by atoms with Crippen molar-refractivity contribution >= 4 is 6.02 Å². The fraction of sp³-hybridized carbons (Fsp3) is 0.250. The molecule has 55 valence electrons. The van der Waals surface area contributed by atoms with E-state index < -0.39 is 12.4 Å². The summed E-state index contributed by atoms with van der Waals surface area (Å²) >= 11 is 0. The molecule has 0 unspecified atom stereocenters. The third-order valence-corrected chi connectivity index (χ3v) is 0.644. The molecule has 0 bridgehead atoms. The van der Waals surface area contributed by atoms with Gasteiger partial charge in [-0.15, -0.1) is 13.2 Å². The Morgan fingerprint density at radius 2 is 2.00 bits per heavy atom. The highest BCUT2D eigenvalue weighted by molar-refractivity contribution is 5.76. The molecule has 0 saturated carbocycles. The maximum atomic E-state index is 11.3. The first-order valence-corrected chi connectivity index (χ1v) is 2.27. The fourth-order valence-corrected chi connectivity index (χ4v) is 0.384. The first-order chi connectivity index (χ1) is 4.58. The van der Waals surface area contributed by atoms with Crippen LogP contribution in [0.5, 0.6) is 0 Å². The molecular weight excluding hydrogens is 149 g/mol. The molecule has 0 amide bonds. The van der Waals surface area contributed by atoms with E-state index in [2.05, 4.69) is 15.0 Å². The molecule has 1 radical (unpaired) electrons. The van der Waals surface area contributed by atoms with E-state index in [4.69, 9.17) is 0 Å². The van der Waals surface area contributed by atoms with Crippen molar-refractivity contribution in [2.75, 3.05) is 0 Å². The van der Waals surface area contributed by atoms with Gasteiger partial charge in [-0.3, -0.25) is 0 Å². The lowest BCUT2D eigenvalue weighted by Gasteiger charge is -2.05. The first-order valence-electron chi connectivity index (χ1n) is 2.27. The second-order valence-corrected chi connectivity index (χ2v) is 1.39. The van der Waals surface area contributed by atoms with E-state index in [-0.39, 0.29) is 0 Å². The molecule has 1 aliphatic heterocycles. The minimum Gasteiger partial charge on any atom is -0.371 e. The van der Waals surface area contributed by atoms with E-state index in [0.717, 1.165) is 12.4 Å². The lowest BCUT2D eigenvalue weighted by molar-refractivity contribution is -0.284. The van der Waals surface area contributed by atoms with E-state index in [0.29, 0.717) is 0 Å². The molecule has 0 aromatic rings. The Balaban J connectivity index is 2.41. The van der Waals surface area contributed by atoms with Gasteiger partial charge < -0.3 is 4.74 Å². The normalized spacial score (nSPS) is 16.5. The third-order valence-electron chi connectivity index (χ3n) is 0.644. The van der Waals surface area contributed by atoms with Crippen molar-refractivity contribution in [2.24, 2.45) is 4.99 Å². The molecular formula is C4H2F3N2O. The fourth-order valence-electron chi connectivity index (χ4n) is 0.384. The molecule has 10 heavy (non-hydrogen) atoms. The van der Waals surface area contributed by atoms with Crippen molar-refractivity contribution in [1.82, 2.24) is 5.32 Å². The smallest absolute Gasteiger partial charge is 0.371 e.